The van der Waals surface area contributed by atoms with E-state index in [-0.39, 0.29) is 5.41 Å². The maximum atomic E-state index is 3.72. The van der Waals surface area contributed by atoms with E-state index in [4.69, 9.17) is 0 Å². The van der Waals surface area contributed by atoms with E-state index in [9.17, 15) is 0 Å². The minimum absolute atomic E-state index is 0.225. The lowest BCUT2D eigenvalue weighted by Crippen LogP contribution is -2.12. The average Bonchev–Trinajstić information content (AvgIpc) is 2.90. The van der Waals surface area contributed by atoms with Crippen LogP contribution in [0.5, 0.6) is 0 Å². The van der Waals surface area contributed by atoms with E-state index in [0.29, 0.717) is 5.92 Å². The summed E-state index contributed by atoms with van der Waals surface area (Å²) >= 11 is 0. The van der Waals surface area contributed by atoms with Crippen molar-refractivity contribution in [2.24, 2.45) is 0 Å². The number of aromatic amines is 1. The third-order valence-corrected chi connectivity index (χ3v) is 5.21. The smallest absolute Gasteiger partial charge is 0.0459 e. The van der Waals surface area contributed by atoms with Crippen LogP contribution in [-0.4, -0.2) is 4.98 Å². The Balaban J connectivity index is 1.86. The first kappa shape index (κ1) is 13.6. The summed E-state index contributed by atoms with van der Waals surface area (Å²) in [7, 11) is 0. The molecule has 1 atom stereocenters. The van der Waals surface area contributed by atoms with Gasteiger partial charge in [0, 0.05) is 22.5 Å². The summed E-state index contributed by atoms with van der Waals surface area (Å²) in [5, 5.41) is 1.40. The SMILES string of the molecule is CC1=CCC=C(C2CC(C)(C)c3c2[nH]c2ccccc32)C=C1. The van der Waals surface area contributed by atoms with Crippen LogP contribution in [0.2, 0.25) is 0 Å². The molecule has 4 rings (SSSR count). The Morgan fingerprint density at radius 2 is 1.91 bits per heavy atom. The van der Waals surface area contributed by atoms with Gasteiger partial charge in [-0.05, 0) is 42.4 Å². The van der Waals surface area contributed by atoms with Gasteiger partial charge in [-0.2, -0.15) is 0 Å². The molecule has 0 fully saturated rings. The first-order valence-electron chi connectivity index (χ1n) is 8.22. The van der Waals surface area contributed by atoms with Crippen LogP contribution in [0.15, 0.2) is 59.7 Å². The molecule has 1 heteroatoms. The molecule has 0 saturated heterocycles. The quantitative estimate of drug-likeness (QED) is 0.686. The molecule has 1 aromatic heterocycles. The van der Waals surface area contributed by atoms with Gasteiger partial charge in [-0.25, -0.2) is 0 Å². The van der Waals surface area contributed by atoms with Crippen molar-refractivity contribution >= 4 is 10.9 Å². The lowest BCUT2D eigenvalue weighted by atomic mass is 9.83. The van der Waals surface area contributed by atoms with Crippen LogP contribution in [0.3, 0.4) is 0 Å². The Morgan fingerprint density at radius 3 is 2.77 bits per heavy atom. The van der Waals surface area contributed by atoms with E-state index >= 15 is 0 Å². The van der Waals surface area contributed by atoms with Crippen LogP contribution in [0, 0.1) is 0 Å². The number of rotatable bonds is 1. The van der Waals surface area contributed by atoms with Gasteiger partial charge in [0.15, 0.2) is 0 Å². The Bertz CT molecular complexity index is 827. The van der Waals surface area contributed by atoms with E-state index in [1.165, 1.54) is 39.7 Å². The topological polar surface area (TPSA) is 15.8 Å². The number of aromatic nitrogens is 1. The zero-order valence-corrected chi connectivity index (χ0v) is 13.6. The molecule has 0 radical (unpaired) electrons. The summed E-state index contributed by atoms with van der Waals surface area (Å²) in [6.07, 6.45) is 11.5. The van der Waals surface area contributed by atoms with Gasteiger partial charge >= 0.3 is 0 Å². The Kier molecular flexibility index (Phi) is 2.94. The van der Waals surface area contributed by atoms with Crippen molar-refractivity contribution in [3.05, 3.63) is 71.0 Å². The number of allylic oxidation sites excluding steroid dienone is 6. The van der Waals surface area contributed by atoms with Crippen molar-refractivity contribution in [3.8, 4) is 0 Å². The number of benzene rings is 1. The van der Waals surface area contributed by atoms with Crippen molar-refractivity contribution in [2.45, 2.75) is 44.9 Å². The van der Waals surface area contributed by atoms with Gasteiger partial charge in [0.05, 0.1) is 0 Å². The number of H-pyrrole nitrogens is 1. The molecular weight excluding hydrogens is 266 g/mol. The molecule has 1 N–H and O–H groups in total. The molecule has 2 aromatic rings. The van der Waals surface area contributed by atoms with E-state index in [2.05, 4.69) is 74.3 Å². The predicted octanol–water partition coefficient (Wildman–Crippen LogP) is 5.77. The summed E-state index contributed by atoms with van der Waals surface area (Å²) in [6.45, 7) is 6.95. The summed E-state index contributed by atoms with van der Waals surface area (Å²) in [4.78, 5) is 3.72. The summed E-state index contributed by atoms with van der Waals surface area (Å²) in [5.74, 6) is 0.493. The monoisotopic (exact) mass is 289 g/mol. The summed E-state index contributed by atoms with van der Waals surface area (Å²) < 4.78 is 0. The van der Waals surface area contributed by atoms with Crippen molar-refractivity contribution in [1.29, 1.82) is 0 Å². The van der Waals surface area contributed by atoms with Crippen molar-refractivity contribution in [2.75, 3.05) is 0 Å². The maximum Gasteiger partial charge on any atom is 0.0459 e. The van der Waals surface area contributed by atoms with Gasteiger partial charge in [-0.3, -0.25) is 0 Å². The van der Waals surface area contributed by atoms with Crippen LogP contribution in [-0.2, 0) is 5.41 Å². The molecule has 0 saturated carbocycles. The molecule has 1 unspecified atom stereocenters. The Morgan fingerprint density at radius 1 is 1.09 bits per heavy atom. The van der Waals surface area contributed by atoms with Crippen LogP contribution in [0.1, 0.15) is 50.8 Å². The van der Waals surface area contributed by atoms with Crippen LogP contribution in [0.25, 0.3) is 10.9 Å². The van der Waals surface area contributed by atoms with E-state index < -0.39 is 0 Å². The zero-order chi connectivity index (χ0) is 15.3. The highest BCUT2D eigenvalue weighted by molar-refractivity contribution is 5.87. The molecule has 0 aliphatic heterocycles. The van der Waals surface area contributed by atoms with Gasteiger partial charge in [0.2, 0.25) is 0 Å². The van der Waals surface area contributed by atoms with Gasteiger partial charge in [0.25, 0.3) is 0 Å². The van der Waals surface area contributed by atoms with Crippen LogP contribution in [0.4, 0.5) is 0 Å². The predicted molar refractivity (Wildman–Crippen MR) is 94.3 cm³/mol. The van der Waals surface area contributed by atoms with Crippen LogP contribution < -0.4 is 0 Å². The number of para-hydroxylation sites is 1. The average molecular weight is 289 g/mol. The molecule has 2 aliphatic rings. The highest BCUT2D eigenvalue weighted by atomic mass is 14.8. The highest BCUT2D eigenvalue weighted by Crippen LogP contribution is 2.51. The first-order chi connectivity index (χ1) is 10.6. The fourth-order valence-electron chi connectivity index (χ4n) is 4.16. The molecule has 2 aliphatic carbocycles. The fraction of sp³-hybridized carbons (Fsp3) is 0.333. The number of hydrogen-bond acceptors (Lipinski definition) is 0. The molecule has 0 amide bonds. The van der Waals surface area contributed by atoms with E-state index in [0.717, 1.165) is 6.42 Å². The van der Waals surface area contributed by atoms with Gasteiger partial charge in [-0.1, -0.05) is 61.9 Å². The van der Waals surface area contributed by atoms with Gasteiger partial charge in [0.1, 0.15) is 0 Å². The lowest BCUT2D eigenvalue weighted by Gasteiger charge is -2.20. The molecule has 0 bridgehead atoms. The molecule has 1 heterocycles. The summed E-state index contributed by atoms with van der Waals surface area (Å²) in [5.41, 5.74) is 7.28. The second-order valence-corrected chi connectivity index (χ2v) is 7.32. The van der Waals surface area contributed by atoms with Crippen molar-refractivity contribution in [3.63, 3.8) is 0 Å². The second-order valence-electron chi connectivity index (χ2n) is 7.32. The molecule has 1 aromatic carbocycles. The lowest BCUT2D eigenvalue weighted by molar-refractivity contribution is 0.500. The van der Waals surface area contributed by atoms with Crippen molar-refractivity contribution in [1.82, 2.24) is 4.98 Å². The number of fused-ring (bicyclic) bond motifs is 3. The van der Waals surface area contributed by atoms with E-state index in [1.54, 1.807) is 0 Å². The molecule has 1 nitrogen and oxygen atoms in total. The highest BCUT2D eigenvalue weighted by Gasteiger charge is 2.40. The standard InChI is InChI=1S/C21H23N/c1-14-7-6-8-15(12-11-14)17-13-21(2,3)19-16-9-4-5-10-18(16)22-20(17)19/h4-5,7-12,17,22H,6,13H2,1-3H3. The zero-order valence-electron chi connectivity index (χ0n) is 13.6. The van der Waals surface area contributed by atoms with E-state index in [1.807, 2.05) is 0 Å². The molecular formula is C21H23N. The van der Waals surface area contributed by atoms with Gasteiger partial charge < -0.3 is 4.98 Å². The number of nitrogens with one attached hydrogen (secondary N) is 1. The fourth-order valence-corrected chi connectivity index (χ4v) is 4.16. The third kappa shape index (κ3) is 1.99. The Hall–Kier alpha value is -2.02. The molecule has 22 heavy (non-hydrogen) atoms. The first-order valence-corrected chi connectivity index (χ1v) is 8.22. The van der Waals surface area contributed by atoms with Crippen molar-refractivity contribution < 1.29 is 0 Å². The minimum atomic E-state index is 0.225. The summed E-state index contributed by atoms with van der Waals surface area (Å²) in [6, 6.07) is 8.73. The molecule has 112 valence electrons. The third-order valence-electron chi connectivity index (χ3n) is 5.21. The molecule has 0 spiro atoms. The second kappa shape index (κ2) is 4.74. The normalized spacial score (nSPS) is 23.1. The van der Waals surface area contributed by atoms with Crippen LogP contribution >= 0.6 is 0 Å². The largest absolute Gasteiger partial charge is 0.358 e. The number of hydrogen-bond donors (Lipinski definition) is 1. The minimum Gasteiger partial charge on any atom is -0.358 e. The van der Waals surface area contributed by atoms with Gasteiger partial charge in [-0.15, -0.1) is 0 Å². The maximum absolute atomic E-state index is 3.72. The Labute approximate surface area is 132 Å².